The van der Waals surface area contributed by atoms with Gasteiger partial charge in [-0.2, -0.15) is 0 Å². The minimum absolute atomic E-state index is 0.128. The average molecular weight is 284 g/mol. The Balaban J connectivity index is 1.78. The number of amides is 1. The van der Waals surface area contributed by atoms with Crippen LogP contribution in [0.25, 0.3) is 0 Å². The molecule has 3 N–H and O–H groups in total. The molecule has 1 amide bonds. The first-order chi connectivity index (χ1) is 9.16. The predicted molar refractivity (Wildman–Crippen MR) is 75.5 cm³/mol. The second-order valence-electron chi connectivity index (χ2n) is 4.45. The predicted octanol–water partition coefficient (Wildman–Crippen LogP) is 0.984. The number of nitrogens with two attached hydrogens (primary N) is 1. The SMILES string of the molecule is Nc1cc(C(=O)NCCN2CCOCC2)ccc1Cl. The van der Waals surface area contributed by atoms with E-state index in [1.807, 2.05) is 0 Å². The molecule has 1 aliphatic rings. The van der Waals surface area contributed by atoms with E-state index in [9.17, 15) is 4.79 Å². The molecule has 0 saturated carbocycles. The number of nitrogens with one attached hydrogen (secondary N) is 1. The zero-order valence-corrected chi connectivity index (χ0v) is 11.4. The molecule has 1 aromatic rings. The molecule has 1 saturated heterocycles. The molecule has 5 nitrogen and oxygen atoms in total. The van der Waals surface area contributed by atoms with Crippen molar-refractivity contribution in [1.29, 1.82) is 0 Å². The minimum Gasteiger partial charge on any atom is -0.398 e. The van der Waals surface area contributed by atoms with E-state index in [-0.39, 0.29) is 5.91 Å². The highest BCUT2D eigenvalue weighted by Crippen LogP contribution is 2.19. The van der Waals surface area contributed by atoms with Gasteiger partial charge in [-0.15, -0.1) is 0 Å². The normalized spacial score (nSPS) is 16.3. The number of anilines is 1. The Morgan fingerprint density at radius 3 is 2.84 bits per heavy atom. The van der Waals surface area contributed by atoms with Crippen LogP contribution in [0.5, 0.6) is 0 Å². The molecule has 1 fully saturated rings. The minimum atomic E-state index is -0.128. The summed E-state index contributed by atoms with van der Waals surface area (Å²) in [4.78, 5) is 14.2. The molecule has 19 heavy (non-hydrogen) atoms. The largest absolute Gasteiger partial charge is 0.398 e. The van der Waals surface area contributed by atoms with E-state index in [4.69, 9.17) is 22.1 Å². The molecule has 6 heteroatoms. The zero-order chi connectivity index (χ0) is 13.7. The molecule has 2 rings (SSSR count). The van der Waals surface area contributed by atoms with Crippen molar-refractivity contribution in [2.75, 3.05) is 45.1 Å². The van der Waals surface area contributed by atoms with Gasteiger partial charge in [0.2, 0.25) is 0 Å². The van der Waals surface area contributed by atoms with Crippen molar-refractivity contribution in [3.05, 3.63) is 28.8 Å². The van der Waals surface area contributed by atoms with Gasteiger partial charge in [-0.3, -0.25) is 9.69 Å². The second kappa shape index (κ2) is 6.75. The number of carbonyl (C=O) groups excluding carboxylic acids is 1. The second-order valence-corrected chi connectivity index (χ2v) is 4.85. The van der Waals surface area contributed by atoms with E-state index in [0.29, 0.717) is 22.8 Å². The standard InChI is InChI=1S/C13H18ClN3O2/c14-11-2-1-10(9-12(11)15)13(18)16-3-4-17-5-7-19-8-6-17/h1-2,9H,3-8,15H2,(H,16,18). The van der Waals surface area contributed by atoms with E-state index in [0.717, 1.165) is 32.8 Å². The van der Waals surface area contributed by atoms with E-state index in [1.165, 1.54) is 0 Å². The van der Waals surface area contributed by atoms with Crippen LogP contribution in [0.3, 0.4) is 0 Å². The van der Waals surface area contributed by atoms with Gasteiger partial charge in [-0.1, -0.05) is 11.6 Å². The van der Waals surface area contributed by atoms with Gasteiger partial charge in [0.15, 0.2) is 0 Å². The van der Waals surface area contributed by atoms with Crippen molar-refractivity contribution in [1.82, 2.24) is 10.2 Å². The van der Waals surface area contributed by atoms with E-state index < -0.39 is 0 Å². The maximum absolute atomic E-state index is 11.9. The third-order valence-corrected chi connectivity index (χ3v) is 3.42. The highest BCUT2D eigenvalue weighted by Gasteiger charge is 2.11. The third kappa shape index (κ3) is 4.09. The highest BCUT2D eigenvalue weighted by atomic mass is 35.5. The van der Waals surface area contributed by atoms with Gasteiger partial charge in [-0.05, 0) is 18.2 Å². The molecule has 0 aromatic heterocycles. The molecular weight excluding hydrogens is 266 g/mol. The van der Waals surface area contributed by atoms with Crippen molar-refractivity contribution in [2.24, 2.45) is 0 Å². The first-order valence-electron chi connectivity index (χ1n) is 6.30. The lowest BCUT2D eigenvalue weighted by atomic mass is 10.2. The summed E-state index contributed by atoms with van der Waals surface area (Å²) < 4.78 is 5.27. The van der Waals surface area contributed by atoms with Gasteiger partial charge in [0, 0.05) is 31.7 Å². The molecule has 0 radical (unpaired) electrons. The molecule has 0 atom stereocenters. The Bertz CT molecular complexity index is 448. The molecule has 0 bridgehead atoms. The van der Waals surface area contributed by atoms with Crippen LogP contribution < -0.4 is 11.1 Å². The van der Waals surface area contributed by atoms with Crippen LogP contribution in [0.1, 0.15) is 10.4 Å². The number of hydrogen-bond acceptors (Lipinski definition) is 4. The van der Waals surface area contributed by atoms with Gasteiger partial charge in [0.05, 0.1) is 23.9 Å². The fourth-order valence-electron chi connectivity index (χ4n) is 1.94. The van der Waals surface area contributed by atoms with Crippen molar-refractivity contribution < 1.29 is 9.53 Å². The highest BCUT2D eigenvalue weighted by molar-refractivity contribution is 6.33. The topological polar surface area (TPSA) is 67.6 Å². The molecule has 0 aliphatic carbocycles. The summed E-state index contributed by atoms with van der Waals surface area (Å²) in [5.74, 6) is -0.128. The first-order valence-corrected chi connectivity index (χ1v) is 6.68. The van der Waals surface area contributed by atoms with Crippen LogP contribution in [0.15, 0.2) is 18.2 Å². The van der Waals surface area contributed by atoms with Gasteiger partial charge in [0.1, 0.15) is 0 Å². The number of ether oxygens (including phenoxy) is 1. The molecule has 1 heterocycles. The summed E-state index contributed by atoms with van der Waals surface area (Å²) in [6, 6.07) is 4.89. The van der Waals surface area contributed by atoms with Crippen LogP contribution >= 0.6 is 11.6 Å². The number of carbonyl (C=O) groups is 1. The van der Waals surface area contributed by atoms with Crippen LogP contribution in [0.2, 0.25) is 5.02 Å². The monoisotopic (exact) mass is 283 g/mol. The quantitative estimate of drug-likeness (QED) is 0.809. The van der Waals surface area contributed by atoms with Gasteiger partial charge in [0.25, 0.3) is 5.91 Å². The smallest absolute Gasteiger partial charge is 0.251 e. The maximum Gasteiger partial charge on any atom is 0.251 e. The molecular formula is C13H18ClN3O2. The summed E-state index contributed by atoms with van der Waals surface area (Å²) in [6.07, 6.45) is 0. The van der Waals surface area contributed by atoms with Gasteiger partial charge >= 0.3 is 0 Å². The van der Waals surface area contributed by atoms with Gasteiger partial charge < -0.3 is 15.8 Å². The summed E-state index contributed by atoms with van der Waals surface area (Å²) >= 11 is 5.82. The summed E-state index contributed by atoms with van der Waals surface area (Å²) in [5, 5.41) is 3.34. The number of morpholine rings is 1. The molecule has 104 valence electrons. The summed E-state index contributed by atoms with van der Waals surface area (Å²) in [7, 11) is 0. The molecule has 1 aliphatic heterocycles. The average Bonchev–Trinajstić information content (AvgIpc) is 2.43. The van der Waals surface area contributed by atoms with Crippen molar-refractivity contribution in [3.8, 4) is 0 Å². The van der Waals surface area contributed by atoms with Crippen molar-refractivity contribution in [2.45, 2.75) is 0 Å². The molecule has 0 unspecified atom stereocenters. The maximum atomic E-state index is 11.9. The fraction of sp³-hybridized carbons (Fsp3) is 0.462. The van der Waals surface area contributed by atoms with Crippen molar-refractivity contribution >= 4 is 23.2 Å². The Kier molecular flexibility index (Phi) is 5.01. The first kappa shape index (κ1) is 14.1. The Labute approximate surface area is 117 Å². The Morgan fingerprint density at radius 1 is 1.42 bits per heavy atom. The van der Waals surface area contributed by atoms with E-state index >= 15 is 0 Å². The molecule has 1 aromatic carbocycles. The summed E-state index contributed by atoms with van der Waals surface area (Å²) in [5.41, 5.74) is 6.62. The summed E-state index contributed by atoms with van der Waals surface area (Å²) in [6.45, 7) is 4.82. The number of rotatable bonds is 4. The van der Waals surface area contributed by atoms with Gasteiger partial charge in [-0.25, -0.2) is 0 Å². The van der Waals surface area contributed by atoms with Crippen LogP contribution in [-0.2, 0) is 4.74 Å². The number of nitrogens with zero attached hydrogens (tertiary/aromatic N) is 1. The lowest BCUT2D eigenvalue weighted by molar-refractivity contribution is 0.0383. The van der Waals surface area contributed by atoms with Crippen LogP contribution in [0.4, 0.5) is 5.69 Å². The lowest BCUT2D eigenvalue weighted by Crippen LogP contribution is -2.41. The van der Waals surface area contributed by atoms with Crippen LogP contribution in [0, 0.1) is 0 Å². The molecule has 0 spiro atoms. The fourth-order valence-corrected chi connectivity index (χ4v) is 2.06. The zero-order valence-electron chi connectivity index (χ0n) is 10.7. The van der Waals surface area contributed by atoms with E-state index in [2.05, 4.69) is 10.2 Å². The number of benzene rings is 1. The van der Waals surface area contributed by atoms with Crippen molar-refractivity contribution in [3.63, 3.8) is 0 Å². The number of nitrogen functional groups attached to an aromatic ring is 1. The lowest BCUT2D eigenvalue weighted by Gasteiger charge is -2.26. The Morgan fingerprint density at radius 2 is 2.16 bits per heavy atom. The number of halogens is 1. The number of hydrogen-bond donors (Lipinski definition) is 2. The Hall–Kier alpha value is -1.30. The van der Waals surface area contributed by atoms with Crippen LogP contribution in [-0.4, -0.2) is 50.2 Å². The van der Waals surface area contributed by atoms with E-state index in [1.54, 1.807) is 18.2 Å². The third-order valence-electron chi connectivity index (χ3n) is 3.08.